The second-order valence-corrected chi connectivity index (χ2v) is 9.14. The van der Waals surface area contributed by atoms with E-state index in [0.717, 1.165) is 12.0 Å². The molecule has 0 radical (unpaired) electrons. The van der Waals surface area contributed by atoms with Crippen molar-refractivity contribution >= 4 is 39.2 Å². The van der Waals surface area contributed by atoms with Crippen LogP contribution in [0.2, 0.25) is 5.02 Å². The third-order valence-electron chi connectivity index (χ3n) is 4.77. The lowest BCUT2D eigenvalue weighted by Gasteiger charge is -2.26. The highest BCUT2D eigenvalue weighted by molar-refractivity contribution is 7.89. The van der Waals surface area contributed by atoms with E-state index in [4.69, 9.17) is 21.1 Å². The molecule has 0 saturated carbocycles. The Hall–Kier alpha value is -2.46. The van der Waals surface area contributed by atoms with E-state index >= 15 is 0 Å². The first-order valence-corrected chi connectivity index (χ1v) is 11.6. The molecule has 2 aromatic carbocycles. The van der Waals surface area contributed by atoms with Crippen molar-refractivity contribution in [2.24, 2.45) is 0 Å². The van der Waals surface area contributed by atoms with E-state index in [2.05, 4.69) is 5.32 Å². The highest BCUT2D eigenvalue weighted by Gasteiger charge is 2.28. The Morgan fingerprint density at radius 3 is 2.58 bits per heavy atom. The summed E-state index contributed by atoms with van der Waals surface area (Å²) >= 11 is 6.08. The second kappa shape index (κ2) is 10.2. The standard InChI is InChI=1S/C21H23ClN2O6S/c1-2-15-5-3-4-6-19(15)23-20(25)14-30-21(26)17-13-16(7-8-18(17)22)31(27,28)24-9-11-29-12-10-24/h3-8,13H,2,9-12,14H2,1H3,(H,23,25). The third kappa shape index (κ3) is 5.62. The van der Waals surface area contributed by atoms with Gasteiger partial charge in [0.15, 0.2) is 6.61 Å². The number of rotatable bonds is 7. The molecule has 1 amide bonds. The van der Waals surface area contributed by atoms with Gasteiger partial charge in [-0.1, -0.05) is 36.7 Å². The molecular weight excluding hydrogens is 444 g/mol. The molecule has 2 aromatic rings. The Balaban J connectivity index is 1.68. The average molecular weight is 467 g/mol. The van der Waals surface area contributed by atoms with Gasteiger partial charge in [0.1, 0.15) is 0 Å². The van der Waals surface area contributed by atoms with Gasteiger partial charge in [0.25, 0.3) is 5.91 Å². The van der Waals surface area contributed by atoms with Gasteiger partial charge in [-0.3, -0.25) is 4.79 Å². The van der Waals surface area contributed by atoms with Crippen molar-refractivity contribution in [3.05, 3.63) is 58.6 Å². The minimum absolute atomic E-state index is 0.0302. The summed E-state index contributed by atoms with van der Waals surface area (Å²) in [5, 5.41) is 2.73. The quantitative estimate of drug-likeness (QED) is 0.629. The summed E-state index contributed by atoms with van der Waals surface area (Å²) in [6.45, 7) is 2.49. The number of para-hydroxylation sites is 1. The summed E-state index contributed by atoms with van der Waals surface area (Å²) in [6.07, 6.45) is 0.732. The summed E-state index contributed by atoms with van der Waals surface area (Å²) in [5.41, 5.74) is 1.46. The lowest BCUT2D eigenvalue weighted by molar-refractivity contribution is -0.119. The van der Waals surface area contributed by atoms with Crippen molar-refractivity contribution in [1.82, 2.24) is 4.31 Å². The molecule has 0 bridgehead atoms. The molecule has 3 rings (SSSR count). The van der Waals surface area contributed by atoms with Crippen molar-refractivity contribution in [3.8, 4) is 0 Å². The fourth-order valence-corrected chi connectivity index (χ4v) is 4.73. The number of carbonyl (C=O) groups is 2. The highest BCUT2D eigenvalue weighted by Crippen LogP contribution is 2.24. The molecule has 1 N–H and O–H groups in total. The van der Waals surface area contributed by atoms with Crippen LogP contribution >= 0.6 is 11.6 Å². The molecule has 0 aromatic heterocycles. The van der Waals surface area contributed by atoms with Crippen LogP contribution in [-0.4, -0.2) is 57.5 Å². The normalized spacial score (nSPS) is 14.8. The van der Waals surface area contributed by atoms with Gasteiger partial charge in [-0.15, -0.1) is 0 Å². The zero-order valence-electron chi connectivity index (χ0n) is 17.0. The third-order valence-corrected chi connectivity index (χ3v) is 7.00. The summed E-state index contributed by atoms with van der Waals surface area (Å²) < 4.78 is 37.2. The van der Waals surface area contributed by atoms with Gasteiger partial charge in [-0.05, 0) is 36.2 Å². The molecule has 8 nitrogen and oxygen atoms in total. The van der Waals surface area contributed by atoms with Crippen molar-refractivity contribution in [3.63, 3.8) is 0 Å². The van der Waals surface area contributed by atoms with Crippen LogP contribution in [0.15, 0.2) is 47.4 Å². The number of nitrogens with one attached hydrogen (secondary N) is 1. The van der Waals surface area contributed by atoms with Gasteiger partial charge in [0.2, 0.25) is 10.0 Å². The molecule has 1 saturated heterocycles. The topological polar surface area (TPSA) is 102 Å². The number of nitrogens with zero attached hydrogens (tertiary/aromatic N) is 1. The van der Waals surface area contributed by atoms with Gasteiger partial charge in [0.05, 0.1) is 28.7 Å². The van der Waals surface area contributed by atoms with Crippen LogP contribution in [0.25, 0.3) is 0 Å². The summed E-state index contributed by atoms with van der Waals surface area (Å²) in [6, 6.07) is 11.1. The average Bonchev–Trinajstić information content (AvgIpc) is 2.78. The van der Waals surface area contributed by atoms with E-state index in [-0.39, 0.29) is 28.6 Å². The van der Waals surface area contributed by atoms with Gasteiger partial charge in [0, 0.05) is 18.8 Å². The second-order valence-electron chi connectivity index (χ2n) is 6.79. The predicted octanol–water partition coefficient (Wildman–Crippen LogP) is 2.72. The molecule has 31 heavy (non-hydrogen) atoms. The lowest BCUT2D eigenvalue weighted by Crippen LogP contribution is -2.40. The molecule has 0 atom stereocenters. The largest absolute Gasteiger partial charge is 0.452 e. The van der Waals surface area contributed by atoms with E-state index in [1.807, 2.05) is 19.1 Å². The number of aryl methyl sites for hydroxylation is 1. The summed E-state index contributed by atoms with van der Waals surface area (Å²) in [4.78, 5) is 24.6. The Labute approximate surface area is 186 Å². The molecule has 1 aliphatic heterocycles. The first-order valence-electron chi connectivity index (χ1n) is 9.75. The molecule has 1 fully saturated rings. The Morgan fingerprint density at radius 1 is 1.16 bits per heavy atom. The minimum atomic E-state index is -3.81. The maximum atomic E-state index is 12.8. The number of hydrogen-bond donors (Lipinski definition) is 1. The van der Waals surface area contributed by atoms with Crippen molar-refractivity contribution in [2.45, 2.75) is 18.2 Å². The molecule has 0 unspecified atom stereocenters. The molecule has 0 aliphatic carbocycles. The van der Waals surface area contributed by atoms with Crippen molar-refractivity contribution < 1.29 is 27.5 Å². The Kier molecular flexibility index (Phi) is 7.66. The minimum Gasteiger partial charge on any atom is -0.452 e. The number of esters is 1. The van der Waals surface area contributed by atoms with Crippen LogP contribution in [0, 0.1) is 0 Å². The van der Waals surface area contributed by atoms with Crippen LogP contribution in [0.3, 0.4) is 0 Å². The SMILES string of the molecule is CCc1ccccc1NC(=O)COC(=O)c1cc(S(=O)(=O)N2CCOCC2)ccc1Cl. The van der Waals surface area contributed by atoms with Gasteiger partial charge < -0.3 is 14.8 Å². The van der Waals surface area contributed by atoms with Gasteiger partial charge in [-0.25, -0.2) is 13.2 Å². The zero-order valence-corrected chi connectivity index (χ0v) is 18.5. The molecule has 166 valence electrons. The summed E-state index contributed by atoms with van der Waals surface area (Å²) in [5.74, 6) is -1.40. The fourth-order valence-electron chi connectivity index (χ4n) is 3.10. The molecule has 1 aliphatic rings. The highest BCUT2D eigenvalue weighted by atomic mass is 35.5. The van der Waals surface area contributed by atoms with Crippen LogP contribution < -0.4 is 5.32 Å². The van der Waals surface area contributed by atoms with Crippen LogP contribution in [-0.2, 0) is 30.7 Å². The number of carbonyl (C=O) groups excluding carboxylic acids is 2. The monoisotopic (exact) mass is 466 g/mol. The van der Waals surface area contributed by atoms with E-state index in [1.54, 1.807) is 12.1 Å². The van der Waals surface area contributed by atoms with Gasteiger partial charge >= 0.3 is 5.97 Å². The zero-order chi connectivity index (χ0) is 22.4. The first kappa shape index (κ1) is 23.2. The van der Waals surface area contributed by atoms with E-state index in [9.17, 15) is 18.0 Å². The smallest absolute Gasteiger partial charge is 0.340 e. The first-order chi connectivity index (χ1) is 14.8. The lowest BCUT2D eigenvalue weighted by atomic mass is 10.1. The van der Waals surface area contributed by atoms with E-state index < -0.39 is 28.5 Å². The molecular formula is C21H23ClN2O6S. The molecule has 1 heterocycles. The number of ether oxygens (including phenoxy) is 2. The number of anilines is 1. The van der Waals surface area contributed by atoms with Crippen LogP contribution in [0.1, 0.15) is 22.8 Å². The maximum Gasteiger partial charge on any atom is 0.340 e. The number of amides is 1. The number of halogens is 1. The Bertz CT molecular complexity index is 1070. The fraction of sp³-hybridized carbons (Fsp3) is 0.333. The van der Waals surface area contributed by atoms with Crippen molar-refractivity contribution in [1.29, 1.82) is 0 Å². The summed E-state index contributed by atoms with van der Waals surface area (Å²) in [7, 11) is -3.81. The van der Waals surface area contributed by atoms with E-state index in [1.165, 1.54) is 22.5 Å². The van der Waals surface area contributed by atoms with E-state index in [0.29, 0.717) is 18.9 Å². The van der Waals surface area contributed by atoms with Crippen LogP contribution in [0.4, 0.5) is 5.69 Å². The maximum absolute atomic E-state index is 12.8. The van der Waals surface area contributed by atoms with Crippen molar-refractivity contribution in [2.75, 3.05) is 38.2 Å². The van der Waals surface area contributed by atoms with Crippen LogP contribution in [0.5, 0.6) is 0 Å². The number of sulfonamides is 1. The van der Waals surface area contributed by atoms with Gasteiger partial charge in [-0.2, -0.15) is 4.31 Å². The molecule has 0 spiro atoms. The number of benzene rings is 2. The predicted molar refractivity (Wildman–Crippen MR) is 116 cm³/mol. The number of hydrogen-bond acceptors (Lipinski definition) is 6. The number of morpholine rings is 1. The Morgan fingerprint density at radius 2 is 1.87 bits per heavy atom. The molecule has 10 heteroatoms.